The molecule has 0 unspecified atom stereocenters. The number of carboxylic acids is 1. The number of nitrogens with one attached hydrogen (secondary N) is 1. The Balaban J connectivity index is 1.61. The number of hydrogen-bond donors (Lipinski definition) is 2. The number of rotatable bonds is 6. The maximum absolute atomic E-state index is 12.2. The molecular formula is C20H21NO5. The molecule has 0 saturated heterocycles. The summed E-state index contributed by atoms with van der Waals surface area (Å²) < 4.78 is 11.6. The van der Waals surface area contributed by atoms with E-state index in [1.807, 2.05) is 26.0 Å². The van der Waals surface area contributed by atoms with Crippen LogP contribution in [0.4, 0.5) is 5.69 Å². The Morgan fingerprint density at radius 1 is 1.23 bits per heavy atom. The first-order valence-corrected chi connectivity index (χ1v) is 8.37. The van der Waals surface area contributed by atoms with Gasteiger partial charge in [0.2, 0.25) is 0 Å². The fourth-order valence-electron chi connectivity index (χ4n) is 2.98. The lowest BCUT2D eigenvalue weighted by Gasteiger charge is -2.18. The first kappa shape index (κ1) is 17.8. The topological polar surface area (TPSA) is 84.9 Å². The molecule has 0 atom stereocenters. The van der Waals surface area contributed by atoms with E-state index in [2.05, 4.69) is 5.32 Å². The number of carboxylic acid groups (broad SMARTS) is 1. The van der Waals surface area contributed by atoms with E-state index >= 15 is 0 Å². The second kappa shape index (κ2) is 7.07. The lowest BCUT2D eigenvalue weighted by molar-refractivity contribution is -0.136. The number of hydrogen-bond acceptors (Lipinski definition) is 4. The molecule has 3 rings (SSSR count). The van der Waals surface area contributed by atoms with E-state index in [1.165, 1.54) is 0 Å². The summed E-state index contributed by atoms with van der Waals surface area (Å²) in [4.78, 5) is 22.9. The van der Waals surface area contributed by atoms with Gasteiger partial charge in [0.25, 0.3) is 5.91 Å². The summed E-state index contributed by atoms with van der Waals surface area (Å²) in [5.41, 5.74) is 1.93. The molecule has 136 valence electrons. The number of carbonyl (C=O) groups excluding carboxylic acids is 1. The van der Waals surface area contributed by atoms with Crippen molar-refractivity contribution in [3.8, 4) is 11.5 Å². The van der Waals surface area contributed by atoms with Crippen molar-refractivity contribution in [3.63, 3.8) is 0 Å². The summed E-state index contributed by atoms with van der Waals surface area (Å²) in [6.07, 6.45) is 0.700. The van der Waals surface area contributed by atoms with Crippen molar-refractivity contribution in [2.75, 3.05) is 11.9 Å². The molecule has 6 nitrogen and oxygen atoms in total. The Morgan fingerprint density at radius 2 is 2.00 bits per heavy atom. The minimum Gasteiger partial charge on any atom is -0.483 e. The van der Waals surface area contributed by atoms with Crippen LogP contribution in [0, 0.1) is 0 Å². The van der Waals surface area contributed by atoms with Crippen LogP contribution in [0.3, 0.4) is 0 Å². The van der Waals surface area contributed by atoms with Gasteiger partial charge in [-0.05, 0) is 37.6 Å². The van der Waals surface area contributed by atoms with Crippen LogP contribution in [0.25, 0.3) is 0 Å². The molecule has 26 heavy (non-hydrogen) atoms. The van der Waals surface area contributed by atoms with E-state index in [9.17, 15) is 9.59 Å². The van der Waals surface area contributed by atoms with E-state index in [4.69, 9.17) is 14.6 Å². The normalized spacial score (nSPS) is 14.2. The molecule has 0 saturated carbocycles. The zero-order valence-electron chi connectivity index (χ0n) is 14.7. The van der Waals surface area contributed by atoms with E-state index in [0.29, 0.717) is 22.7 Å². The number of anilines is 1. The van der Waals surface area contributed by atoms with Crippen LogP contribution >= 0.6 is 0 Å². The summed E-state index contributed by atoms with van der Waals surface area (Å²) in [6, 6.07) is 12.4. The first-order chi connectivity index (χ1) is 12.3. The zero-order valence-corrected chi connectivity index (χ0v) is 14.7. The van der Waals surface area contributed by atoms with Crippen LogP contribution in [0.1, 0.15) is 25.0 Å². The molecule has 0 spiro atoms. The van der Waals surface area contributed by atoms with Crippen molar-refractivity contribution < 1.29 is 24.2 Å². The van der Waals surface area contributed by atoms with Crippen molar-refractivity contribution in [1.82, 2.24) is 0 Å². The molecule has 0 bridgehead atoms. The van der Waals surface area contributed by atoms with Crippen molar-refractivity contribution in [1.29, 1.82) is 0 Å². The molecule has 2 aromatic rings. The maximum atomic E-state index is 12.2. The second-order valence-electron chi connectivity index (χ2n) is 6.89. The number of carbonyl (C=O) groups is 2. The number of fused-ring (bicyclic) bond motifs is 1. The molecule has 6 heteroatoms. The Labute approximate surface area is 151 Å². The smallest absolute Gasteiger partial charge is 0.307 e. The van der Waals surface area contributed by atoms with Crippen LogP contribution in [0.2, 0.25) is 0 Å². The summed E-state index contributed by atoms with van der Waals surface area (Å²) >= 11 is 0. The predicted molar refractivity (Wildman–Crippen MR) is 96.8 cm³/mol. The summed E-state index contributed by atoms with van der Waals surface area (Å²) in [6.45, 7) is 3.85. The van der Waals surface area contributed by atoms with Gasteiger partial charge in [-0.3, -0.25) is 9.59 Å². The quantitative estimate of drug-likeness (QED) is 0.832. The van der Waals surface area contributed by atoms with E-state index < -0.39 is 5.97 Å². The van der Waals surface area contributed by atoms with Gasteiger partial charge in [-0.15, -0.1) is 0 Å². The molecule has 0 radical (unpaired) electrons. The number of ether oxygens (including phenoxy) is 2. The van der Waals surface area contributed by atoms with Crippen LogP contribution in [0.15, 0.2) is 42.5 Å². The third kappa shape index (κ3) is 4.33. The SMILES string of the molecule is CC1(C)Cc2cccc(OCC(=O)Nc3cccc(CC(=O)O)c3)c2O1. The molecule has 1 heterocycles. The van der Waals surface area contributed by atoms with Gasteiger partial charge in [0, 0.05) is 17.7 Å². The average molecular weight is 355 g/mol. The maximum Gasteiger partial charge on any atom is 0.307 e. The number of aliphatic carboxylic acids is 1. The molecule has 2 aromatic carbocycles. The van der Waals surface area contributed by atoms with Crippen LogP contribution in [0.5, 0.6) is 11.5 Å². The van der Waals surface area contributed by atoms with Crippen molar-refractivity contribution in [3.05, 3.63) is 53.6 Å². The van der Waals surface area contributed by atoms with Crippen LogP contribution in [-0.4, -0.2) is 29.2 Å². The number of benzene rings is 2. The van der Waals surface area contributed by atoms with E-state index in [-0.39, 0.29) is 24.5 Å². The van der Waals surface area contributed by atoms with Gasteiger partial charge in [-0.25, -0.2) is 0 Å². The van der Waals surface area contributed by atoms with Gasteiger partial charge >= 0.3 is 5.97 Å². The fourth-order valence-corrected chi connectivity index (χ4v) is 2.98. The molecule has 0 aliphatic carbocycles. The molecule has 0 aromatic heterocycles. The fraction of sp³-hybridized carbons (Fsp3) is 0.300. The lowest BCUT2D eigenvalue weighted by Crippen LogP contribution is -2.25. The summed E-state index contributed by atoms with van der Waals surface area (Å²) in [5, 5.41) is 11.6. The van der Waals surface area contributed by atoms with Crippen LogP contribution < -0.4 is 14.8 Å². The van der Waals surface area contributed by atoms with Gasteiger partial charge in [0.05, 0.1) is 6.42 Å². The van der Waals surface area contributed by atoms with Gasteiger partial charge in [-0.1, -0.05) is 24.3 Å². The highest BCUT2D eigenvalue weighted by atomic mass is 16.5. The molecular weight excluding hydrogens is 334 g/mol. The third-order valence-corrected chi connectivity index (χ3v) is 3.98. The average Bonchev–Trinajstić information content (AvgIpc) is 2.87. The molecule has 1 amide bonds. The molecule has 0 fully saturated rings. The highest BCUT2D eigenvalue weighted by Crippen LogP contribution is 2.41. The second-order valence-corrected chi connectivity index (χ2v) is 6.89. The Bertz CT molecular complexity index is 844. The summed E-state index contributed by atoms with van der Waals surface area (Å²) in [5.74, 6) is -0.0124. The van der Waals surface area contributed by atoms with Gasteiger partial charge in [-0.2, -0.15) is 0 Å². The van der Waals surface area contributed by atoms with Crippen molar-refractivity contribution >= 4 is 17.6 Å². The van der Waals surface area contributed by atoms with Gasteiger partial charge in [0.15, 0.2) is 18.1 Å². The predicted octanol–water partition coefficient (Wildman–Crippen LogP) is 3.04. The minimum absolute atomic E-state index is 0.0938. The van der Waals surface area contributed by atoms with E-state index in [1.54, 1.807) is 30.3 Å². The largest absolute Gasteiger partial charge is 0.483 e. The highest BCUT2D eigenvalue weighted by Gasteiger charge is 2.32. The zero-order chi connectivity index (χ0) is 18.7. The van der Waals surface area contributed by atoms with Crippen LogP contribution in [-0.2, 0) is 22.4 Å². The Hall–Kier alpha value is -3.02. The lowest BCUT2D eigenvalue weighted by atomic mass is 10.0. The summed E-state index contributed by atoms with van der Waals surface area (Å²) in [7, 11) is 0. The Morgan fingerprint density at radius 3 is 2.77 bits per heavy atom. The van der Waals surface area contributed by atoms with E-state index in [0.717, 1.165) is 12.0 Å². The Kier molecular flexibility index (Phi) is 4.84. The minimum atomic E-state index is -0.919. The van der Waals surface area contributed by atoms with Gasteiger partial charge < -0.3 is 19.9 Å². The molecule has 1 aliphatic heterocycles. The monoisotopic (exact) mass is 355 g/mol. The third-order valence-electron chi connectivity index (χ3n) is 3.98. The van der Waals surface area contributed by atoms with Crippen molar-refractivity contribution in [2.45, 2.75) is 32.3 Å². The standard InChI is InChI=1S/C20H21NO5/c1-20(2)11-14-6-4-8-16(19(14)26-20)25-12-17(22)21-15-7-3-5-13(9-15)10-18(23)24/h3-9H,10-12H2,1-2H3,(H,21,22)(H,23,24). The number of amides is 1. The van der Waals surface area contributed by atoms with Gasteiger partial charge in [0.1, 0.15) is 5.60 Å². The number of para-hydroxylation sites is 1. The highest BCUT2D eigenvalue weighted by molar-refractivity contribution is 5.92. The molecule has 1 aliphatic rings. The van der Waals surface area contributed by atoms with Crippen molar-refractivity contribution in [2.24, 2.45) is 0 Å². The molecule has 2 N–H and O–H groups in total. The first-order valence-electron chi connectivity index (χ1n) is 8.37.